The van der Waals surface area contributed by atoms with Crippen LogP contribution in [-0.4, -0.2) is 53.1 Å². The molecule has 1 aromatic rings. The van der Waals surface area contributed by atoms with Crippen molar-refractivity contribution in [2.24, 2.45) is 0 Å². The van der Waals surface area contributed by atoms with Gasteiger partial charge in [-0.1, -0.05) is 0 Å². The predicted molar refractivity (Wildman–Crippen MR) is 77.3 cm³/mol. The molecule has 0 unspecified atom stereocenters. The van der Waals surface area contributed by atoms with E-state index in [2.05, 4.69) is 0 Å². The van der Waals surface area contributed by atoms with Crippen LogP contribution in [0.1, 0.15) is 23.7 Å². The van der Waals surface area contributed by atoms with Crippen molar-refractivity contribution in [3.05, 3.63) is 39.9 Å². The van der Waals surface area contributed by atoms with E-state index < -0.39 is 16.8 Å². The summed E-state index contributed by atoms with van der Waals surface area (Å²) in [5.41, 5.74) is 0.139. The Morgan fingerprint density at radius 2 is 1.91 bits per heavy atom. The molecule has 1 aromatic carbocycles. The van der Waals surface area contributed by atoms with E-state index in [1.54, 1.807) is 6.92 Å². The van der Waals surface area contributed by atoms with Crippen molar-refractivity contribution in [3.63, 3.8) is 0 Å². The largest absolute Gasteiger partial charge is 0.466 e. The number of ether oxygens (including phenoxy) is 1. The van der Waals surface area contributed by atoms with E-state index >= 15 is 0 Å². The van der Waals surface area contributed by atoms with E-state index in [4.69, 9.17) is 9.84 Å². The first-order chi connectivity index (χ1) is 10.5. The average Bonchev–Trinajstić information content (AvgIpc) is 2.51. The quantitative estimate of drug-likeness (QED) is 0.435. The lowest BCUT2D eigenvalue weighted by atomic mass is 10.1. The van der Waals surface area contributed by atoms with Crippen LogP contribution in [0.25, 0.3) is 0 Å². The first-order valence-electron chi connectivity index (χ1n) is 6.79. The summed E-state index contributed by atoms with van der Waals surface area (Å²) >= 11 is 0. The first kappa shape index (κ1) is 17.6. The van der Waals surface area contributed by atoms with Crippen molar-refractivity contribution in [2.45, 2.75) is 13.3 Å². The summed E-state index contributed by atoms with van der Waals surface area (Å²) in [5, 5.41) is 19.6. The van der Waals surface area contributed by atoms with Crippen LogP contribution in [0.3, 0.4) is 0 Å². The number of nitro benzene ring substituents is 1. The van der Waals surface area contributed by atoms with Gasteiger partial charge in [-0.3, -0.25) is 19.7 Å². The Morgan fingerprint density at radius 1 is 1.27 bits per heavy atom. The fourth-order valence-corrected chi connectivity index (χ4v) is 1.80. The van der Waals surface area contributed by atoms with Crippen molar-refractivity contribution in [1.82, 2.24) is 4.90 Å². The van der Waals surface area contributed by atoms with Crippen LogP contribution in [-0.2, 0) is 9.53 Å². The number of hydrogen-bond donors (Lipinski definition) is 1. The van der Waals surface area contributed by atoms with Crippen molar-refractivity contribution in [2.75, 3.05) is 26.3 Å². The van der Waals surface area contributed by atoms with Gasteiger partial charge < -0.3 is 14.7 Å². The first-order valence-corrected chi connectivity index (χ1v) is 6.79. The number of nitrogens with zero attached hydrogens (tertiary/aromatic N) is 2. The molecule has 0 spiro atoms. The Balaban J connectivity index is 2.75. The van der Waals surface area contributed by atoms with Crippen LogP contribution in [0.15, 0.2) is 24.3 Å². The lowest BCUT2D eigenvalue weighted by Gasteiger charge is -2.21. The van der Waals surface area contributed by atoms with E-state index in [1.165, 1.54) is 29.2 Å². The third kappa shape index (κ3) is 5.13. The van der Waals surface area contributed by atoms with Crippen LogP contribution in [0.4, 0.5) is 5.69 Å². The number of carbonyl (C=O) groups excluding carboxylic acids is 2. The van der Waals surface area contributed by atoms with Gasteiger partial charge in [-0.15, -0.1) is 0 Å². The van der Waals surface area contributed by atoms with Gasteiger partial charge in [0.05, 0.1) is 24.6 Å². The topological polar surface area (TPSA) is 110 Å². The van der Waals surface area contributed by atoms with E-state index in [9.17, 15) is 19.7 Å². The second-order valence-corrected chi connectivity index (χ2v) is 4.37. The molecule has 0 radical (unpaired) electrons. The molecule has 0 aromatic heterocycles. The van der Waals surface area contributed by atoms with E-state index in [1.807, 2.05) is 0 Å². The molecule has 0 saturated heterocycles. The highest BCUT2D eigenvalue weighted by Crippen LogP contribution is 2.13. The van der Waals surface area contributed by atoms with Gasteiger partial charge in [0.2, 0.25) is 0 Å². The normalized spacial score (nSPS) is 10.1. The van der Waals surface area contributed by atoms with Gasteiger partial charge in [0.1, 0.15) is 0 Å². The van der Waals surface area contributed by atoms with E-state index in [-0.39, 0.29) is 44.0 Å². The highest BCUT2D eigenvalue weighted by Gasteiger charge is 2.18. The zero-order chi connectivity index (χ0) is 16.5. The Hall–Kier alpha value is -2.48. The number of esters is 1. The van der Waals surface area contributed by atoms with Crippen molar-refractivity contribution in [3.8, 4) is 0 Å². The summed E-state index contributed by atoms with van der Waals surface area (Å²) in [6.07, 6.45) is 0.0204. The molecule has 120 valence electrons. The minimum Gasteiger partial charge on any atom is -0.466 e. The molecule has 0 saturated carbocycles. The Labute approximate surface area is 127 Å². The third-order valence-electron chi connectivity index (χ3n) is 2.87. The molecule has 0 fully saturated rings. The number of benzene rings is 1. The maximum absolute atomic E-state index is 12.3. The maximum atomic E-state index is 12.3. The summed E-state index contributed by atoms with van der Waals surface area (Å²) in [4.78, 5) is 34.9. The van der Waals surface area contributed by atoms with Crippen LogP contribution in [0, 0.1) is 10.1 Å². The summed E-state index contributed by atoms with van der Waals surface area (Å²) in [5.74, 6) is -0.838. The van der Waals surface area contributed by atoms with Crippen molar-refractivity contribution in [1.29, 1.82) is 0 Å². The Kier molecular flexibility index (Phi) is 6.97. The standard InChI is InChI=1S/C14H18N2O6/c1-2-22-13(18)7-8-15(9-10-17)14(19)11-3-5-12(6-4-11)16(20)21/h3-6,17H,2,7-10H2,1H3. The number of non-ortho nitro benzene ring substituents is 1. The minimum atomic E-state index is -0.555. The molecule has 1 amide bonds. The van der Waals surface area contributed by atoms with E-state index in [0.29, 0.717) is 0 Å². The predicted octanol–water partition coefficient (Wildman–Crippen LogP) is 0.983. The summed E-state index contributed by atoms with van der Waals surface area (Å²) in [6.45, 7) is 1.87. The van der Waals surface area contributed by atoms with E-state index in [0.717, 1.165) is 0 Å². The molecule has 1 N–H and O–H groups in total. The lowest BCUT2D eigenvalue weighted by molar-refractivity contribution is -0.384. The maximum Gasteiger partial charge on any atom is 0.307 e. The molecule has 0 aliphatic rings. The number of aliphatic hydroxyl groups is 1. The van der Waals surface area contributed by atoms with Crippen LogP contribution >= 0.6 is 0 Å². The molecule has 0 heterocycles. The van der Waals surface area contributed by atoms with Crippen molar-refractivity contribution >= 4 is 17.6 Å². The van der Waals surface area contributed by atoms with Gasteiger partial charge in [-0.2, -0.15) is 0 Å². The number of carbonyl (C=O) groups is 2. The van der Waals surface area contributed by atoms with Gasteiger partial charge in [0.15, 0.2) is 0 Å². The fourth-order valence-electron chi connectivity index (χ4n) is 1.80. The Bertz CT molecular complexity index is 529. The third-order valence-corrected chi connectivity index (χ3v) is 2.87. The van der Waals surface area contributed by atoms with Crippen LogP contribution in [0.2, 0.25) is 0 Å². The van der Waals surface area contributed by atoms with Gasteiger partial charge in [0.25, 0.3) is 11.6 Å². The molecule has 0 bridgehead atoms. The van der Waals surface area contributed by atoms with Gasteiger partial charge in [0, 0.05) is 30.8 Å². The summed E-state index contributed by atoms with van der Waals surface area (Å²) < 4.78 is 4.78. The molecule has 8 heteroatoms. The molecule has 1 rings (SSSR count). The second-order valence-electron chi connectivity index (χ2n) is 4.37. The number of amides is 1. The summed E-state index contributed by atoms with van der Waals surface area (Å²) in [6, 6.07) is 5.15. The minimum absolute atomic E-state index is 0.0204. The molecule has 8 nitrogen and oxygen atoms in total. The lowest BCUT2D eigenvalue weighted by Crippen LogP contribution is -2.35. The summed E-state index contributed by atoms with van der Waals surface area (Å²) in [7, 11) is 0. The van der Waals surface area contributed by atoms with Crippen molar-refractivity contribution < 1.29 is 24.4 Å². The molecule has 0 aliphatic carbocycles. The second kappa shape index (κ2) is 8.73. The van der Waals surface area contributed by atoms with Gasteiger partial charge in [-0.25, -0.2) is 0 Å². The molecule has 0 atom stereocenters. The van der Waals surface area contributed by atoms with Gasteiger partial charge >= 0.3 is 5.97 Å². The molecule has 0 aliphatic heterocycles. The number of hydrogen-bond acceptors (Lipinski definition) is 6. The smallest absolute Gasteiger partial charge is 0.307 e. The number of rotatable bonds is 8. The molecular weight excluding hydrogens is 292 g/mol. The highest BCUT2D eigenvalue weighted by atomic mass is 16.6. The van der Waals surface area contributed by atoms with Crippen LogP contribution < -0.4 is 0 Å². The fraction of sp³-hybridized carbons (Fsp3) is 0.429. The number of aliphatic hydroxyl groups excluding tert-OH is 1. The monoisotopic (exact) mass is 310 g/mol. The SMILES string of the molecule is CCOC(=O)CCN(CCO)C(=O)c1ccc([N+](=O)[O-])cc1. The molecule has 22 heavy (non-hydrogen) atoms. The average molecular weight is 310 g/mol. The Morgan fingerprint density at radius 3 is 2.41 bits per heavy atom. The number of nitro groups is 1. The van der Waals surface area contributed by atoms with Crippen LogP contribution in [0.5, 0.6) is 0 Å². The zero-order valence-electron chi connectivity index (χ0n) is 12.2. The zero-order valence-corrected chi connectivity index (χ0v) is 12.2. The van der Waals surface area contributed by atoms with Gasteiger partial charge in [-0.05, 0) is 19.1 Å². The molecular formula is C14H18N2O6. The highest BCUT2D eigenvalue weighted by molar-refractivity contribution is 5.94.